The van der Waals surface area contributed by atoms with E-state index < -0.39 is 0 Å². The number of hydrogen-bond acceptors (Lipinski definition) is 5. The van der Waals surface area contributed by atoms with Crippen LogP contribution < -0.4 is 5.32 Å². The van der Waals surface area contributed by atoms with Crippen molar-refractivity contribution in [3.05, 3.63) is 59.9 Å². The first kappa shape index (κ1) is 19.3. The minimum atomic E-state index is 0.0677. The predicted octanol–water partition coefficient (Wildman–Crippen LogP) is 2.01. The van der Waals surface area contributed by atoms with Gasteiger partial charge in [-0.05, 0) is 25.7 Å². The number of nitrogens with one attached hydrogen (secondary N) is 1. The smallest absolute Gasteiger partial charge is 0.255 e. The highest BCUT2D eigenvalue weighted by molar-refractivity contribution is 5.94. The molecule has 1 N–H and O–H groups in total. The zero-order chi connectivity index (χ0) is 19.1. The summed E-state index contributed by atoms with van der Waals surface area (Å²) in [5.41, 5.74) is 2.87. The van der Waals surface area contributed by atoms with E-state index in [9.17, 15) is 4.79 Å². The Balaban J connectivity index is 1.51. The van der Waals surface area contributed by atoms with Crippen LogP contribution in [0.2, 0.25) is 0 Å². The van der Waals surface area contributed by atoms with Crippen LogP contribution in [0, 0.1) is 0 Å². The molecule has 0 radical (unpaired) electrons. The summed E-state index contributed by atoms with van der Waals surface area (Å²) in [6.07, 6.45) is 3.43. The molecule has 0 unspecified atom stereocenters. The van der Waals surface area contributed by atoms with E-state index in [0.717, 1.165) is 51.5 Å². The maximum Gasteiger partial charge on any atom is 0.255 e. The van der Waals surface area contributed by atoms with Crippen molar-refractivity contribution in [2.45, 2.75) is 6.54 Å². The molecular formula is C21H29N5O. The molecule has 6 heteroatoms. The Hall–Kier alpha value is -2.44. The van der Waals surface area contributed by atoms with Gasteiger partial charge in [0.1, 0.15) is 0 Å². The van der Waals surface area contributed by atoms with E-state index in [1.54, 1.807) is 12.4 Å². The summed E-state index contributed by atoms with van der Waals surface area (Å²) in [5.74, 6) is 0.0677. The van der Waals surface area contributed by atoms with Gasteiger partial charge >= 0.3 is 0 Å². The van der Waals surface area contributed by atoms with Gasteiger partial charge in [0.2, 0.25) is 0 Å². The number of piperazine rings is 1. The number of carbonyl (C=O) groups is 1. The summed E-state index contributed by atoms with van der Waals surface area (Å²) in [6.45, 7) is 6.00. The van der Waals surface area contributed by atoms with Crippen molar-refractivity contribution in [1.82, 2.24) is 19.7 Å². The van der Waals surface area contributed by atoms with Gasteiger partial charge in [0, 0.05) is 58.2 Å². The number of rotatable bonds is 7. The van der Waals surface area contributed by atoms with Crippen molar-refractivity contribution in [1.29, 1.82) is 0 Å². The quantitative estimate of drug-likeness (QED) is 0.811. The maximum atomic E-state index is 12.8. The fourth-order valence-electron chi connectivity index (χ4n) is 3.21. The third-order valence-corrected chi connectivity index (χ3v) is 4.78. The Morgan fingerprint density at radius 3 is 2.56 bits per heavy atom. The molecule has 3 rings (SSSR count). The van der Waals surface area contributed by atoms with Gasteiger partial charge in [0.25, 0.3) is 5.91 Å². The number of pyridine rings is 1. The Morgan fingerprint density at radius 2 is 1.85 bits per heavy atom. The Labute approximate surface area is 161 Å². The van der Waals surface area contributed by atoms with E-state index >= 15 is 0 Å². The van der Waals surface area contributed by atoms with Gasteiger partial charge < -0.3 is 15.1 Å². The fraction of sp³-hybridized carbons (Fsp3) is 0.429. The second-order valence-electron chi connectivity index (χ2n) is 7.25. The summed E-state index contributed by atoms with van der Waals surface area (Å²) in [4.78, 5) is 23.5. The molecule has 1 aromatic heterocycles. The van der Waals surface area contributed by atoms with Crippen LogP contribution in [0.4, 0.5) is 5.69 Å². The van der Waals surface area contributed by atoms with Crippen molar-refractivity contribution in [2.24, 2.45) is 0 Å². The zero-order valence-electron chi connectivity index (χ0n) is 16.3. The van der Waals surface area contributed by atoms with E-state index in [-0.39, 0.29) is 5.91 Å². The molecule has 1 amide bonds. The van der Waals surface area contributed by atoms with Crippen molar-refractivity contribution < 1.29 is 4.79 Å². The summed E-state index contributed by atoms with van der Waals surface area (Å²) < 4.78 is 0. The van der Waals surface area contributed by atoms with Gasteiger partial charge in [-0.25, -0.2) is 0 Å². The number of hydrogen-bond donors (Lipinski definition) is 1. The lowest BCUT2D eigenvalue weighted by Crippen LogP contribution is -2.48. The number of amides is 1. The lowest BCUT2D eigenvalue weighted by atomic mass is 10.2. The first-order valence-electron chi connectivity index (χ1n) is 9.51. The normalized spacial score (nSPS) is 15.1. The number of benzene rings is 1. The third kappa shape index (κ3) is 5.77. The lowest BCUT2D eigenvalue weighted by Gasteiger charge is -2.34. The van der Waals surface area contributed by atoms with Crippen LogP contribution in [0.1, 0.15) is 15.9 Å². The summed E-state index contributed by atoms with van der Waals surface area (Å²) in [5, 5.41) is 3.33. The van der Waals surface area contributed by atoms with E-state index in [2.05, 4.69) is 44.4 Å². The number of carbonyl (C=O) groups excluding carboxylic acids is 1. The van der Waals surface area contributed by atoms with Crippen molar-refractivity contribution in [3.8, 4) is 0 Å². The minimum absolute atomic E-state index is 0.0677. The molecule has 2 aromatic rings. The molecule has 1 fully saturated rings. The molecule has 0 aliphatic carbocycles. The van der Waals surface area contributed by atoms with E-state index in [1.165, 1.54) is 5.56 Å². The maximum absolute atomic E-state index is 12.8. The monoisotopic (exact) mass is 367 g/mol. The Morgan fingerprint density at radius 1 is 1.11 bits per heavy atom. The molecule has 1 aromatic carbocycles. The van der Waals surface area contributed by atoms with Gasteiger partial charge in [0.15, 0.2) is 0 Å². The van der Waals surface area contributed by atoms with Gasteiger partial charge in [-0.15, -0.1) is 0 Å². The van der Waals surface area contributed by atoms with Crippen LogP contribution in [-0.4, -0.2) is 79.0 Å². The highest BCUT2D eigenvalue weighted by Gasteiger charge is 2.22. The Kier molecular flexibility index (Phi) is 6.79. The predicted molar refractivity (Wildman–Crippen MR) is 109 cm³/mol. The zero-order valence-corrected chi connectivity index (χ0v) is 16.3. The largest absolute Gasteiger partial charge is 0.382 e. The molecule has 1 aliphatic heterocycles. The SMILES string of the molecule is CN(C)CCNc1cncc(C(=O)N2CCN(Cc3ccccc3)CC2)c1. The van der Waals surface area contributed by atoms with E-state index in [4.69, 9.17) is 0 Å². The van der Waals surface area contributed by atoms with Gasteiger partial charge in [-0.3, -0.25) is 14.7 Å². The van der Waals surface area contributed by atoms with Gasteiger partial charge in [-0.1, -0.05) is 30.3 Å². The number of anilines is 1. The van der Waals surface area contributed by atoms with Crippen LogP contribution >= 0.6 is 0 Å². The average molecular weight is 367 g/mol. The summed E-state index contributed by atoms with van der Waals surface area (Å²) in [7, 11) is 4.08. The first-order chi connectivity index (χ1) is 13.1. The Bertz CT molecular complexity index is 726. The van der Waals surface area contributed by atoms with Crippen molar-refractivity contribution in [3.63, 3.8) is 0 Å². The molecule has 2 heterocycles. The van der Waals surface area contributed by atoms with Crippen molar-refractivity contribution in [2.75, 3.05) is 58.7 Å². The number of aromatic nitrogens is 1. The molecule has 0 spiro atoms. The van der Waals surface area contributed by atoms with Gasteiger partial charge in [0.05, 0.1) is 11.3 Å². The molecule has 144 valence electrons. The van der Waals surface area contributed by atoms with E-state index in [1.807, 2.05) is 31.1 Å². The molecule has 1 saturated heterocycles. The molecule has 27 heavy (non-hydrogen) atoms. The molecule has 1 aliphatic rings. The van der Waals surface area contributed by atoms with Crippen LogP contribution in [0.25, 0.3) is 0 Å². The molecule has 0 saturated carbocycles. The fourth-order valence-corrected chi connectivity index (χ4v) is 3.21. The molecular weight excluding hydrogens is 338 g/mol. The first-order valence-corrected chi connectivity index (χ1v) is 9.51. The summed E-state index contributed by atoms with van der Waals surface area (Å²) in [6, 6.07) is 12.4. The number of likely N-dealkylation sites (N-methyl/N-ethyl adjacent to an activating group) is 1. The summed E-state index contributed by atoms with van der Waals surface area (Å²) >= 11 is 0. The standard InChI is InChI=1S/C21H29N5O/c1-24(2)9-8-23-20-14-19(15-22-16-20)21(27)26-12-10-25(11-13-26)17-18-6-4-3-5-7-18/h3-7,14-16,23H,8-13,17H2,1-2H3. The van der Waals surface area contributed by atoms with Gasteiger partial charge in [-0.2, -0.15) is 0 Å². The number of nitrogens with zero attached hydrogens (tertiary/aromatic N) is 4. The second kappa shape index (κ2) is 9.48. The van der Waals surface area contributed by atoms with Crippen LogP contribution in [-0.2, 0) is 6.54 Å². The van der Waals surface area contributed by atoms with Crippen LogP contribution in [0.5, 0.6) is 0 Å². The van der Waals surface area contributed by atoms with E-state index in [0.29, 0.717) is 5.56 Å². The molecule has 0 bridgehead atoms. The second-order valence-corrected chi connectivity index (χ2v) is 7.25. The minimum Gasteiger partial charge on any atom is -0.382 e. The van der Waals surface area contributed by atoms with Crippen LogP contribution in [0.3, 0.4) is 0 Å². The molecule has 6 nitrogen and oxygen atoms in total. The highest BCUT2D eigenvalue weighted by atomic mass is 16.2. The van der Waals surface area contributed by atoms with Crippen molar-refractivity contribution >= 4 is 11.6 Å². The molecule has 0 atom stereocenters. The highest BCUT2D eigenvalue weighted by Crippen LogP contribution is 2.14. The van der Waals surface area contributed by atoms with Crippen LogP contribution in [0.15, 0.2) is 48.8 Å². The third-order valence-electron chi connectivity index (χ3n) is 4.78. The average Bonchev–Trinajstić information content (AvgIpc) is 2.69. The lowest BCUT2D eigenvalue weighted by molar-refractivity contribution is 0.0628. The topological polar surface area (TPSA) is 51.7 Å².